The van der Waals surface area contributed by atoms with E-state index in [2.05, 4.69) is 10.2 Å². The molecule has 0 aliphatic carbocycles. The summed E-state index contributed by atoms with van der Waals surface area (Å²) in [5.41, 5.74) is 5.79. The van der Waals surface area contributed by atoms with E-state index in [1.807, 2.05) is 72.8 Å². The number of amides is 1. The molecule has 0 aromatic heterocycles. The molecule has 0 radical (unpaired) electrons. The summed E-state index contributed by atoms with van der Waals surface area (Å²) in [6, 6.07) is 24.0. The molecule has 2 fully saturated rings. The van der Waals surface area contributed by atoms with Gasteiger partial charge in [0.15, 0.2) is 6.29 Å². The van der Waals surface area contributed by atoms with Crippen LogP contribution in [0.4, 0.5) is 0 Å². The number of carbonyl (C=O) groups excluding carboxylic acids is 1. The monoisotopic (exact) mass is 644 g/mol. The van der Waals surface area contributed by atoms with E-state index in [0.717, 1.165) is 59.4 Å². The lowest BCUT2D eigenvalue weighted by Crippen LogP contribution is -2.40. The largest absolute Gasteiger partial charge is 0.392 e. The van der Waals surface area contributed by atoms with Gasteiger partial charge in [0.2, 0.25) is 0 Å². The van der Waals surface area contributed by atoms with E-state index < -0.39 is 16.0 Å². The molecule has 9 heteroatoms. The van der Waals surface area contributed by atoms with Crippen LogP contribution in [0.3, 0.4) is 0 Å². The van der Waals surface area contributed by atoms with Crippen LogP contribution in [-0.2, 0) is 27.4 Å². The summed E-state index contributed by atoms with van der Waals surface area (Å²) in [5.74, 6) is -0.667. The number of hydrogen-bond acceptors (Lipinski definition) is 5. The van der Waals surface area contributed by atoms with Crippen LogP contribution in [0.25, 0.3) is 11.1 Å². The number of benzene rings is 3. The van der Waals surface area contributed by atoms with E-state index in [1.165, 1.54) is 32.1 Å². The Morgan fingerprint density at radius 2 is 1.51 bits per heavy atom. The van der Waals surface area contributed by atoms with Gasteiger partial charge in [0.1, 0.15) is 0 Å². The SMILES string of the molecule is O=C(NCc1ccccc1-c1ccc(C2OC(CN3CCCCCCC3)CC(c3ccc(CO)cc3)O2)cc1)C(Cl)(Cl)Cl. The number of alkyl halides is 3. The second-order valence-electron chi connectivity index (χ2n) is 11.4. The molecule has 5 rings (SSSR count). The number of ether oxygens (including phenoxy) is 2. The van der Waals surface area contributed by atoms with Gasteiger partial charge >= 0.3 is 0 Å². The highest BCUT2D eigenvalue weighted by Gasteiger charge is 2.33. The fraction of sp³-hybridized carbons (Fsp3) is 0.441. The Kier molecular flexibility index (Phi) is 11.4. The van der Waals surface area contributed by atoms with Gasteiger partial charge in [-0.15, -0.1) is 0 Å². The summed E-state index contributed by atoms with van der Waals surface area (Å²) in [6.07, 6.45) is 6.56. The van der Waals surface area contributed by atoms with Crippen molar-refractivity contribution in [1.82, 2.24) is 10.2 Å². The Morgan fingerprint density at radius 1 is 0.860 bits per heavy atom. The Balaban J connectivity index is 1.34. The minimum atomic E-state index is -2.01. The molecule has 2 aliphatic heterocycles. The van der Waals surface area contributed by atoms with Gasteiger partial charge in [-0.05, 0) is 53.7 Å². The molecule has 3 atom stereocenters. The van der Waals surface area contributed by atoms with Gasteiger partial charge in [-0.3, -0.25) is 4.79 Å². The highest BCUT2D eigenvalue weighted by atomic mass is 35.6. The third-order valence-corrected chi connectivity index (χ3v) is 8.75. The predicted molar refractivity (Wildman–Crippen MR) is 172 cm³/mol. The van der Waals surface area contributed by atoms with Crippen molar-refractivity contribution in [3.63, 3.8) is 0 Å². The lowest BCUT2D eigenvalue weighted by atomic mass is 9.97. The van der Waals surface area contributed by atoms with Gasteiger partial charge in [-0.1, -0.05) is 127 Å². The minimum Gasteiger partial charge on any atom is -0.392 e. The van der Waals surface area contributed by atoms with Crippen LogP contribution < -0.4 is 5.32 Å². The Hall–Kier alpha value is -2.16. The number of aliphatic hydroxyl groups excluding tert-OH is 1. The number of halogens is 3. The standard InChI is InChI=1S/C34H39Cl3N2O4/c35-34(36,37)33(41)38-21-28-8-4-5-9-30(28)25-14-16-27(17-15-25)32-42-29(22-39-18-6-2-1-3-7-19-39)20-31(43-32)26-12-10-24(23-40)11-13-26/h4-5,8-17,29,31-32,40H,1-3,6-7,18-23H2,(H,38,41). The fourth-order valence-electron chi connectivity index (χ4n) is 5.87. The third-order valence-electron chi connectivity index (χ3n) is 8.23. The molecule has 0 spiro atoms. The smallest absolute Gasteiger partial charge is 0.272 e. The molecule has 0 bridgehead atoms. The van der Waals surface area contributed by atoms with E-state index in [0.29, 0.717) is 0 Å². The van der Waals surface area contributed by atoms with Crippen LogP contribution in [0, 0.1) is 0 Å². The molecule has 0 saturated carbocycles. The highest BCUT2D eigenvalue weighted by molar-refractivity contribution is 6.76. The van der Waals surface area contributed by atoms with Gasteiger partial charge in [-0.2, -0.15) is 0 Å². The summed E-state index contributed by atoms with van der Waals surface area (Å²) in [7, 11) is 0. The van der Waals surface area contributed by atoms with Crippen molar-refractivity contribution < 1.29 is 19.4 Å². The quantitative estimate of drug-likeness (QED) is 0.247. The number of nitrogens with one attached hydrogen (secondary N) is 1. The molecule has 2 N–H and O–H groups in total. The van der Waals surface area contributed by atoms with Crippen LogP contribution in [0.1, 0.15) is 73.2 Å². The van der Waals surface area contributed by atoms with E-state index in [9.17, 15) is 9.90 Å². The van der Waals surface area contributed by atoms with Crippen molar-refractivity contribution in [2.24, 2.45) is 0 Å². The van der Waals surface area contributed by atoms with Gasteiger partial charge in [0.25, 0.3) is 9.70 Å². The van der Waals surface area contributed by atoms with Crippen LogP contribution in [0.5, 0.6) is 0 Å². The van der Waals surface area contributed by atoms with Gasteiger partial charge < -0.3 is 24.8 Å². The number of rotatable bonds is 8. The summed E-state index contributed by atoms with van der Waals surface area (Å²) >= 11 is 17.2. The molecular weight excluding hydrogens is 607 g/mol. The third kappa shape index (κ3) is 8.95. The minimum absolute atomic E-state index is 0.0177. The first-order valence-corrected chi connectivity index (χ1v) is 16.2. The maximum Gasteiger partial charge on any atom is 0.272 e. The first kappa shape index (κ1) is 32.2. The summed E-state index contributed by atoms with van der Waals surface area (Å²) in [4.78, 5) is 14.7. The van der Waals surface area contributed by atoms with Crippen molar-refractivity contribution in [2.45, 2.75) is 74.0 Å². The summed E-state index contributed by atoms with van der Waals surface area (Å²) < 4.78 is 11.2. The zero-order chi connectivity index (χ0) is 30.2. The number of carbonyl (C=O) groups is 1. The highest BCUT2D eigenvalue weighted by Crippen LogP contribution is 2.39. The first-order chi connectivity index (χ1) is 20.8. The molecule has 3 aromatic rings. The van der Waals surface area contributed by atoms with E-state index in [1.54, 1.807) is 0 Å². The van der Waals surface area contributed by atoms with E-state index in [4.69, 9.17) is 44.3 Å². The Bertz CT molecular complexity index is 1320. The number of aliphatic hydroxyl groups is 1. The molecule has 2 aliphatic rings. The maximum atomic E-state index is 12.1. The average Bonchev–Trinajstić information content (AvgIpc) is 3.01. The van der Waals surface area contributed by atoms with Crippen LogP contribution in [-0.4, -0.2) is 45.4 Å². The molecule has 3 aromatic carbocycles. The molecule has 2 saturated heterocycles. The molecule has 2 heterocycles. The van der Waals surface area contributed by atoms with Crippen LogP contribution >= 0.6 is 34.8 Å². The van der Waals surface area contributed by atoms with Crippen molar-refractivity contribution in [3.8, 4) is 11.1 Å². The number of likely N-dealkylation sites (tertiary alicyclic amines) is 1. The van der Waals surface area contributed by atoms with Gasteiger partial charge in [-0.25, -0.2) is 0 Å². The van der Waals surface area contributed by atoms with Crippen molar-refractivity contribution >= 4 is 40.7 Å². The second kappa shape index (κ2) is 15.2. The maximum absolute atomic E-state index is 12.1. The van der Waals surface area contributed by atoms with Gasteiger partial charge in [0, 0.05) is 25.1 Å². The zero-order valence-corrected chi connectivity index (χ0v) is 26.5. The molecular formula is C34H39Cl3N2O4. The molecule has 3 unspecified atom stereocenters. The molecule has 1 amide bonds. The second-order valence-corrected chi connectivity index (χ2v) is 13.7. The first-order valence-electron chi connectivity index (χ1n) is 15.1. The van der Waals surface area contributed by atoms with E-state index in [-0.39, 0.29) is 25.4 Å². The number of nitrogens with zero attached hydrogens (tertiary/aromatic N) is 1. The van der Waals surface area contributed by atoms with Crippen molar-refractivity contribution in [3.05, 3.63) is 95.1 Å². The molecule has 43 heavy (non-hydrogen) atoms. The summed E-state index contributed by atoms with van der Waals surface area (Å²) in [5, 5.41) is 12.2. The van der Waals surface area contributed by atoms with Crippen molar-refractivity contribution in [2.75, 3.05) is 19.6 Å². The normalized spacial score (nSPS) is 22.0. The average molecular weight is 646 g/mol. The van der Waals surface area contributed by atoms with Gasteiger partial charge in [0.05, 0.1) is 18.8 Å². The topological polar surface area (TPSA) is 71.0 Å². The predicted octanol–water partition coefficient (Wildman–Crippen LogP) is 7.64. The number of hydrogen-bond donors (Lipinski definition) is 2. The summed E-state index contributed by atoms with van der Waals surface area (Å²) in [6.45, 7) is 3.35. The van der Waals surface area contributed by atoms with Crippen LogP contribution in [0.15, 0.2) is 72.8 Å². The zero-order valence-electron chi connectivity index (χ0n) is 24.2. The fourth-order valence-corrected chi connectivity index (χ4v) is 6.07. The Labute approximate surface area is 269 Å². The van der Waals surface area contributed by atoms with Crippen LogP contribution in [0.2, 0.25) is 0 Å². The van der Waals surface area contributed by atoms with Crippen molar-refractivity contribution in [1.29, 1.82) is 0 Å². The van der Waals surface area contributed by atoms with E-state index >= 15 is 0 Å². The lowest BCUT2D eigenvalue weighted by molar-refractivity contribution is -0.253. The lowest BCUT2D eigenvalue weighted by Gasteiger charge is -2.39. The molecule has 6 nitrogen and oxygen atoms in total. The Morgan fingerprint density at radius 3 is 2.19 bits per heavy atom. The molecule has 230 valence electrons.